The molecule has 0 spiro atoms. The van der Waals surface area contributed by atoms with Gasteiger partial charge in [0, 0.05) is 37.3 Å². The molecule has 0 saturated heterocycles. The number of benzene rings is 2. The van der Waals surface area contributed by atoms with E-state index in [2.05, 4.69) is 22.5 Å². The van der Waals surface area contributed by atoms with Gasteiger partial charge in [-0.3, -0.25) is 14.3 Å². The Labute approximate surface area is 177 Å². The Balaban J connectivity index is 1.25. The third-order valence-corrected chi connectivity index (χ3v) is 5.63. The van der Waals surface area contributed by atoms with Gasteiger partial charge in [-0.05, 0) is 60.1 Å². The van der Waals surface area contributed by atoms with Gasteiger partial charge >= 0.3 is 0 Å². The van der Waals surface area contributed by atoms with Crippen molar-refractivity contribution in [1.29, 1.82) is 0 Å². The molecule has 30 heavy (non-hydrogen) atoms. The predicted molar refractivity (Wildman–Crippen MR) is 116 cm³/mol. The lowest BCUT2D eigenvalue weighted by Gasteiger charge is -2.16. The van der Waals surface area contributed by atoms with Gasteiger partial charge in [0.1, 0.15) is 0 Å². The van der Waals surface area contributed by atoms with Crippen molar-refractivity contribution in [3.63, 3.8) is 0 Å². The van der Waals surface area contributed by atoms with Crippen LogP contribution in [0.25, 0.3) is 0 Å². The average Bonchev–Trinajstić information content (AvgIpc) is 3.29. The summed E-state index contributed by atoms with van der Waals surface area (Å²) in [6.45, 7) is 1.16. The molecule has 5 heteroatoms. The van der Waals surface area contributed by atoms with E-state index in [4.69, 9.17) is 0 Å². The zero-order valence-corrected chi connectivity index (χ0v) is 17.1. The first-order valence-corrected chi connectivity index (χ1v) is 10.6. The van der Waals surface area contributed by atoms with Crippen molar-refractivity contribution in [1.82, 2.24) is 15.1 Å². The fourth-order valence-corrected chi connectivity index (χ4v) is 3.99. The van der Waals surface area contributed by atoms with Crippen LogP contribution in [0.4, 0.5) is 0 Å². The number of ketones is 1. The molecule has 5 nitrogen and oxygen atoms in total. The number of aromatic nitrogens is 2. The summed E-state index contributed by atoms with van der Waals surface area (Å²) >= 11 is 0. The third kappa shape index (κ3) is 5.23. The molecule has 1 aromatic heterocycles. The molecule has 1 heterocycles. The number of nitrogens with zero attached hydrogens (tertiary/aromatic N) is 2. The van der Waals surface area contributed by atoms with Gasteiger partial charge in [-0.15, -0.1) is 0 Å². The normalized spacial score (nSPS) is 12.9. The summed E-state index contributed by atoms with van der Waals surface area (Å²) in [6.07, 6.45) is 8.71. The molecule has 1 aliphatic rings. The van der Waals surface area contributed by atoms with E-state index in [1.807, 2.05) is 47.3 Å². The Kier molecular flexibility index (Phi) is 6.38. The molecule has 0 fully saturated rings. The fourth-order valence-electron chi connectivity index (χ4n) is 3.99. The number of fused-ring (bicyclic) bond motifs is 1. The maximum Gasteiger partial charge on any atom is 0.220 e. The molecule has 0 bridgehead atoms. The van der Waals surface area contributed by atoms with Gasteiger partial charge in [0.2, 0.25) is 5.91 Å². The molecule has 0 unspecified atom stereocenters. The van der Waals surface area contributed by atoms with Gasteiger partial charge in [-0.25, -0.2) is 0 Å². The molecular formula is C25H27N3O2. The van der Waals surface area contributed by atoms with Crippen molar-refractivity contribution >= 4 is 11.7 Å². The molecule has 1 aliphatic carbocycles. The fraction of sp³-hybridized carbons (Fsp3) is 0.320. The first-order valence-electron chi connectivity index (χ1n) is 10.6. The highest BCUT2D eigenvalue weighted by Crippen LogP contribution is 2.23. The Morgan fingerprint density at radius 3 is 2.60 bits per heavy atom. The SMILES string of the molecule is O=C(CCC(=O)c1ccc2c(c1)CCCC2)NCc1cccc(Cn2cccn2)c1. The van der Waals surface area contributed by atoms with Crippen molar-refractivity contribution in [3.8, 4) is 0 Å². The van der Waals surface area contributed by atoms with Crippen molar-refractivity contribution < 1.29 is 9.59 Å². The highest BCUT2D eigenvalue weighted by Gasteiger charge is 2.14. The van der Waals surface area contributed by atoms with Crippen LogP contribution in [-0.2, 0) is 30.7 Å². The van der Waals surface area contributed by atoms with Crippen LogP contribution in [0.5, 0.6) is 0 Å². The standard InChI is InChI=1S/C25H27N3O2/c29-24(23-10-9-21-7-1-2-8-22(21)16-23)11-12-25(30)26-17-19-5-3-6-20(15-19)18-28-14-4-13-27-28/h3-6,9-10,13-16H,1-2,7-8,11-12,17-18H2,(H,26,30). The lowest BCUT2D eigenvalue weighted by atomic mass is 9.89. The van der Waals surface area contributed by atoms with Crippen LogP contribution in [0.1, 0.15) is 58.3 Å². The van der Waals surface area contributed by atoms with E-state index < -0.39 is 0 Å². The zero-order valence-electron chi connectivity index (χ0n) is 17.1. The second-order valence-corrected chi connectivity index (χ2v) is 7.91. The first kappa shape index (κ1) is 20.1. The van der Waals surface area contributed by atoms with Crippen LogP contribution < -0.4 is 5.32 Å². The van der Waals surface area contributed by atoms with E-state index in [0.29, 0.717) is 13.1 Å². The third-order valence-electron chi connectivity index (χ3n) is 5.63. The van der Waals surface area contributed by atoms with Crippen LogP contribution in [0.15, 0.2) is 60.9 Å². The van der Waals surface area contributed by atoms with Crippen LogP contribution in [0.2, 0.25) is 0 Å². The van der Waals surface area contributed by atoms with E-state index >= 15 is 0 Å². The van der Waals surface area contributed by atoms with Crippen molar-refractivity contribution in [3.05, 3.63) is 88.7 Å². The summed E-state index contributed by atoms with van der Waals surface area (Å²) in [7, 11) is 0. The number of carbonyl (C=O) groups is 2. The molecule has 154 valence electrons. The smallest absolute Gasteiger partial charge is 0.220 e. The quantitative estimate of drug-likeness (QED) is 0.578. The predicted octanol–water partition coefficient (Wildman–Crippen LogP) is 4.09. The summed E-state index contributed by atoms with van der Waals surface area (Å²) in [5.74, 6) is -0.0569. The molecule has 1 N–H and O–H groups in total. The summed E-state index contributed by atoms with van der Waals surface area (Å²) in [5, 5.41) is 7.15. The van der Waals surface area contributed by atoms with Crippen molar-refractivity contribution in [2.75, 3.05) is 0 Å². The van der Waals surface area contributed by atoms with Gasteiger partial charge in [0.05, 0.1) is 6.54 Å². The number of Topliss-reactive ketones (excluding diaryl/α,β-unsaturated/α-hetero) is 1. The van der Waals surface area contributed by atoms with Gasteiger partial charge in [0.25, 0.3) is 0 Å². The summed E-state index contributed by atoms with van der Waals surface area (Å²) in [6, 6.07) is 16.0. The summed E-state index contributed by atoms with van der Waals surface area (Å²) in [5.41, 5.74) is 5.56. The Bertz CT molecular complexity index is 1020. The van der Waals surface area contributed by atoms with Gasteiger partial charge in [0.15, 0.2) is 5.78 Å². The number of aryl methyl sites for hydroxylation is 2. The minimum absolute atomic E-state index is 0.0414. The second kappa shape index (κ2) is 9.53. The molecule has 0 radical (unpaired) electrons. The molecule has 3 aromatic rings. The van der Waals surface area contributed by atoms with Crippen LogP contribution in [-0.4, -0.2) is 21.5 Å². The van der Waals surface area contributed by atoms with E-state index in [1.165, 1.54) is 24.0 Å². The lowest BCUT2D eigenvalue weighted by Crippen LogP contribution is -2.23. The minimum Gasteiger partial charge on any atom is -0.352 e. The molecular weight excluding hydrogens is 374 g/mol. The van der Waals surface area contributed by atoms with Crippen LogP contribution in [0, 0.1) is 0 Å². The van der Waals surface area contributed by atoms with Crippen LogP contribution in [0.3, 0.4) is 0 Å². The summed E-state index contributed by atoms with van der Waals surface area (Å²) < 4.78 is 1.87. The highest BCUT2D eigenvalue weighted by atomic mass is 16.2. The number of hydrogen-bond acceptors (Lipinski definition) is 3. The number of hydrogen-bond donors (Lipinski definition) is 1. The van der Waals surface area contributed by atoms with Crippen molar-refractivity contribution in [2.45, 2.75) is 51.6 Å². The van der Waals surface area contributed by atoms with Gasteiger partial charge in [-0.1, -0.05) is 36.4 Å². The number of amides is 1. The Morgan fingerprint density at radius 2 is 1.77 bits per heavy atom. The van der Waals surface area contributed by atoms with Gasteiger partial charge < -0.3 is 5.32 Å². The maximum atomic E-state index is 12.5. The minimum atomic E-state index is -0.0983. The van der Waals surface area contributed by atoms with E-state index in [0.717, 1.165) is 29.5 Å². The topological polar surface area (TPSA) is 64.0 Å². The van der Waals surface area contributed by atoms with E-state index in [9.17, 15) is 9.59 Å². The molecule has 0 atom stereocenters. The average molecular weight is 402 g/mol. The molecule has 4 rings (SSSR count). The van der Waals surface area contributed by atoms with E-state index in [-0.39, 0.29) is 24.5 Å². The molecule has 0 aliphatic heterocycles. The monoisotopic (exact) mass is 401 g/mol. The van der Waals surface area contributed by atoms with Crippen molar-refractivity contribution in [2.24, 2.45) is 0 Å². The summed E-state index contributed by atoms with van der Waals surface area (Å²) in [4.78, 5) is 24.8. The Morgan fingerprint density at radius 1 is 0.933 bits per heavy atom. The van der Waals surface area contributed by atoms with Gasteiger partial charge in [-0.2, -0.15) is 5.10 Å². The zero-order chi connectivity index (χ0) is 20.8. The number of rotatable bonds is 8. The molecule has 1 amide bonds. The first-order chi connectivity index (χ1) is 14.7. The maximum absolute atomic E-state index is 12.5. The highest BCUT2D eigenvalue weighted by molar-refractivity contribution is 5.98. The second-order valence-electron chi connectivity index (χ2n) is 7.91. The Hall–Kier alpha value is -3.21. The number of nitrogens with one attached hydrogen (secondary N) is 1. The largest absolute Gasteiger partial charge is 0.352 e. The number of carbonyl (C=O) groups excluding carboxylic acids is 2. The molecule has 0 saturated carbocycles. The van der Waals surface area contributed by atoms with Crippen LogP contribution >= 0.6 is 0 Å². The van der Waals surface area contributed by atoms with E-state index in [1.54, 1.807) is 6.20 Å². The molecule has 2 aromatic carbocycles. The lowest BCUT2D eigenvalue weighted by molar-refractivity contribution is -0.121.